The van der Waals surface area contributed by atoms with E-state index in [4.69, 9.17) is 4.74 Å². The van der Waals surface area contributed by atoms with Gasteiger partial charge in [0.2, 0.25) is 0 Å². The molecule has 0 amide bonds. The second-order valence-electron chi connectivity index (χ2n) is 6.83. The molecule has 27 heavy (non-hydrogen) atoms. The Kier molecular flexibility index (Phi) is 5.44. The predicted molar refractivity (Wildman–Crippen MR) is 101 cm³/mol. The normalized spacial score (nSPS) is 17.3. The van der Waals surface area contributed by atoms with Crippen molar-refractivity contribution >= 4 is 0 Å². The van der Waals surface area contributed by atoms with E-state index in [0.29, 0.717) is 19.1 Å². The summed E-state index contributed by atoms with van der Waals surface area (Å²) >= 11 is 0. The summed E-state index contributed by atoms with van der Waals surface area (Å²) in [5.41, 5.74) is 3.35. The monoisotopic (exact) mass is 366 g/mol. The standard InChI is InChI=1S/C21H23FN4O/c22-18-4-1-2-6-21(18)27-13-9-17-14-19(25-24-17)20-5-3-12-26(20)15-16-7-10-23-11-8-16/h1-2,4,6-8,10-11,14,20H,3,5,9,12-13,15H2,(H,24,25)/t20-/m1/s1. The number of halogens is 1. The molecule has 0 bridgehead atoms. The molecule has 3 aromatic rings. The summed E-state index contributed by atoms with van der Waals surface area (Å²) in [6.45, 7) is 2.39. The highest BCUT2D eigenvalue weighted by atomic mass is 19.1. The summed E-state index contributed by atoms with van der Waals surface area (Å²) in [6.07, 6.45) is 6.62. The molecule has 1 saturated heterocycles. The van der Waals surface area contributed by atoms with Crippen molar-refractivity contribution in [2.45, 2.75) is 31.8 Å². The number of nitrogens with one attached hydrogen (secondary N) is 1. The second-order valence-corrected chi connectivity index (χ2v) is 6.83. The van der Waals surface area contributed by atoms with Gasteiger partial charge in [-0.15, -0.1) is 0 Å². The highest BCUT2D eigenvalue weighted by molar-refractivity contribution is 5.23. The molecule has 0 saturated carbocycles. The molecule has 0 radical (unpaired) electrons. The highest BCUT2D eigenvalue weighted by Gasteiger charge is 2.27. The van der Waals surface area contributed by atoms with Crippen LogP contribution in [-0.4, -0.2) is 33.2 Å². The van der Waals surface area contributed by atoms with E-state index in [9.17, 15) is 4.39 Å². The van der Waals surface area contributed by atoms with Crippen LogP contribution in [0.1, 0.15) is 35.8 Å². The summed E-state index contributed by atoms with van der Waals surface area (Å²) in [5, 5.41) is 7.63. The molecular formula is C21H23FN4O. The van der Waals surface area contributed by atoms with Crippen LogP contribution >= 0.6 is 0 Å². The molecule has 1 N–H and O–H groups in total. The van der Waals surface area contributed by atoms with E-state index in [2.05, 4.69) is 38.3 Å². The van der Waals surface area contributed by atoms with Crippen LogP contribution < -0.4 is 4.74 Å². The van der Waals surface area contributed by atoms with Crippen LogP contribution in [0.15, 0.2) is 54.9 Å². The zero-order chi connectivity index (χ0) is 18.5. The zero-order valence-electron chi connectivity index (χ0n) is 15.1. The molecule has 5 nitrogen and oxygen atoms in total. The van der Waals surface area contributed by atoms with Crippen molar-refractivity contribution in [3.8, 4) is 5.75 Å². The minimum absolute atomic E-state index is 0.288. The van der Waals surface area contributed by atoms with Gasteiger partial charge >= 0.3 is 0 Å². The Morgan fingerprint density at radius 3 is 2.89 bits per heavy atom. The van der Waals surface area contributed by atoms with E-state index in [1.165, 1.54) is 18.1 Å². The second kappa shape index (κ2) is 8.31. The molecule has 1 aliphatic heterocycles. The zero-order valence-corrected chi connectivity index (χ0v) is 15.1. The number of nitrogens with zero attached hydrogens (tertiary/aromatic N) is 3. The molecule has 0 spiro atoms. The highest BCUT2D eigenvalue weighted by Crippen LogP contribution is 2.32. The average Bonchev–Trinajstić information content (AvgIpc) is 3.33. The van der Waals surface area contributed by atoms with E-state index < -0.39 is 0 Å². The molecular weight excluding hydrogens is 343 g/mol. The Labute approximate surface area is 158 Å². The number of pyridine rings is 1. The maximum absolute atomic E-state index is 13.6. The van der Waals surface area contributed by atoms with E-state index in [1.54, 1.807) is 18.2 Å². The number of aromatic amines is 1. The number of aromatic nitrogens is 3. The van der Waals surface area contributed by atoms with Crippen LogP contribution in [0.25, 0.3) is 0 Å². The van der Waals surface area contributed by atoms with Gasteiger partial charge < -0.3 is 4.74 Å². The number of likely N-dealkylation sites (tertiary alicyclic amines) is 1. The van der Waals surface area contributed by atoms with Gasteiger partial charge in [-0.3, -0.25) is 15.0 Å². The van der Waals surface area contributed by atoms with Crippen LogP contribution in [0.5, 0.6) is 5.75 Å². The maximum Gasteiger partial charge on any atom is 0.165 e. The summed E-state index contributed by atoms with van der Waals surface area (Å²) in [6, 6.07) is 13.0. The van der Waals surface area contributed by atoms with Gasteiger partial charge in [0.25, 0.3) is 0 Å². The van der Waals surface area contributed by atoms with E-state index in [-0.39, 0.29) is 11.6 Å². The van der Waals surface area contributed by atoms with Crippen LogP contribution in [0.4, 0.5) is 4.39 Å². The topological polar surface area (TPSA) is 54.0 Å². The molecule has 1 aliphatic rings. The molecule has 1 aromatic carbocycles. The lowest BCUT2D eigenvalue weighted by Crippen LogP contribution is -2.23. The number of ether oxygens (including phenoxy) is 1. The largest absolute Gasteiger partial charge is 0.490 e. The van der Waals surface area contributed by atoms with Crippen molar-refractivity contribution < 1.29 is 9.13 Å². The molecule has 0 unspecified atom stereocenters. The smallest absolute Gasteiger partial charge is 0.165 e. The lowest BCUT2D eigenvalue weighted by molar-refractivity contribution is 0.244. The lowest BCUT2D eigenvalue weighted by Gasteiger charge is -2.22. The molecule has 3 heterocycles. The summed E-state index contributed by atoms with van der Waals surface area (Å²) in [5.74, 6) is -0.0444. The molecule has 0 aliphatic carbocycles. The van der Waals surface area contributed by atoms with Gasteiger partial charge in [0.05, 0.1) is 18.3 Å². The van der Waals surface area contributed by atoms with Gasteiger partial charge in [0.1, 0.15) is 0 Å². The molecule has 1 fully saturated rings. The van der Waals surface area contributed by atoms with Crippen molar-refractivity contribution in [1.82, 2.24) is 20.1 Å². The van der Waals surface area contributed by atoms with Crippen LogP contribution in [0.2, 0.25) is 0 Å². The first-order chi connectivity index (χ1) is 13.3. The third kappa shape index (κ3) is 4.34. The fraction of sp³-hybridized carbons (Fsp3) is 0.333. The number of hydrogen-bond donors (Lipinski definition) is 1. The van der Waals surface area contributed by atoms with Crippen molar-refractivity contribution in [3.05, 3.63) is 77.6 Å². The van der Waals surface area contributed by atoms with E-state index in [0.717, 1.165) is 30.9 Å². The van der Waals surface area contributed by atoms with Gasteiger partial charge in [-0.25, -0.2) is 4.39 Å². The van der Waals surface area contributed by atoms with Crippen molar-refractivity contribution in [3.63, 3.8) is 0 Å². The maximum atomic E-state index is 13.6. The van der Waals surface area contributed by atoms with Crippen molar-refractivity contribution in [2.75, 3.05) is 13.2 Å². The SMILES string of the molecule is Fc1ccccc1OCCc1cc([C@H]2CCCN2Cc2ccncc2)n[nH]1. The van der Waals surface area contributed by atoms with E-state index >= 15 is 0 Å². The number of benzene rings is 1. The summed E-state index contributed by atoms with van der Waals surface area (Å²) < 4.78 is 19.1. The Morgan fingerprint density at radius 1 is 1.19 bits per heavy atom. The van der Waals surface area contributed by atoms with Gasteiger partial charge in [0, 0.05) is 31.1 Å². The quantitative estimate of drug-likeness (QED) is 0.689. The van der Waals surface area contributed by atoms with Gasteiger partial charge in [-0.1, -0.05) is 12.1 Å². The van der Waals surface area contributed by atoms with Crippen molar-refractivity contribution in [2.24, 2.45) is 0 Å². The van der Waals surface area contributed by atoms with Crippen LogP contribution in [0, 0.1) is 5.82 Å². The van der Waals surface area contributed by atoms with E-state index in [1.807, 2.05) is 12.4 Å². The summed E-state index contributed by atoms with van der Waals surface area (Å²) in [7, 11) is 0. The first-order valence-electron chi connectivity index (χ1n) is 9.34. The Hall–Kier alpha value is -2.73. The number of hydrogen-bond acceptors (Lipinski definition) is 4. The van der Waals surface area contributed by atoms with Crippen LogP contribution in [-0.2, 0) is 13.0 Å². The molecule has 4 rings (SSSR count). The Bertz CT molecular complexity index is 867. The third-order valence-corrected chi connectivity index (χ3v) is 4.96. The molecule has 6 heteroatoms. The van der Waals surface area contributed by atoms with Gasteiger partial charge in [0.15, 0.2) is 11.6 Å². The lowest BCUT2D eigenvalue weighted by atomic mass is 10.1. The predicted octanol–water partition coefficient (Wildman–Crippen LogP) is 3.90. The number of H-pyrrole nitrogens is 1. The average molecular weight is 366 g/mol. The minimum atomic E-state index is -0.333. The van der Waals surface area contributed by atoms with Crippen molar-refractivity contribution in [1.29, 1.82) is 0 Å². The molecule has 140 valence electrons. The fourth-order valence-electron chi connectivity index (χ4n) is 3.58. The first kappa shape index (κ1) is 17.7. The minimum Gasteiger partial charge on any atom is -0.490 e. The molecule has 2 aromatic heterocycles. The Balaban J connectivity index is 1.35. The van der Waals surface area contributed by atoms with Gasteiger partial charge in [-0.05, 0) is 55.3 Å². The number of para-hydroxylation sites is 1. The fourth-order valence-corrected chi connectivity index (χ4v) is 3.58. The number of rotatable bonds is 7. The Morgan fingerprint density at radius 2 is 2.04 bits per heavy atom. The first-order valence-corrected chi connectivity index (χ1v) is 9.34. The van der Waals surface area contributed by atoms with Crippen LogP contribution in [0.3, 0.4) is 0 Å². The summed E-state index contributed by atoms with van der Waals surface area (Å²) in [4.78, 5) is 6.55. The molecule has 1 atom stereocenters. The van der Waals surface area contributed by atoms with Gasteiger partial charge in [-0.2, -0.15) is 5.10 Å². The third-order valence-electron chi connectivity index (χ3n) is 4.96.